The van der Waals surface area contributed by atoms with Crippen LogP contribution < -0.4 is 10.2 Å². The fourth-order valence-electron chi connectivity index (χ4n) is 1.14. The molecular weight excluding hydrogens is 217 g/mol. The maximum Gasteiger partial charge on any atom is 0.488 e. The lowest BCUT2D eigenvalue weighted by molar-refractivity contribution is 0.426. The first-order valence-electron chi connectivity index (χ1n) is 4.39. The van der Waals surface area contributed by atoms with Gasteiger partial charge in [-0.2, -0.15) is 0 Å². The highest BCUT2D eigenvalue weighted by Gasteiger charge is 2.09. The van der Waals surface area contributed by atoms with Crippen molar-refractivity contribution in [1.82, 2.24) is 4.72 Å². The van der Waals surface area contributed by atoms with Gasteiger partial charge in [-0.25, -0.2) is 8.93 Å². The average molecular weight is 229 g/mol. The Morgan fingerprint density at radius 1 is 1.27 bits per heavy atom. The van der Waals surface area contributed by atoms with Gasteiger partial charge in [-0.05, 0) is 17.4 Å². The fourth-order valence-corrected chi connectivity index (χ4v) is 1.42. The van der Waals surface area contributed by atoms with Crippen LogP contribution in [0.5, 0.6) is 0 Å². The van der Waals surface area contributed by atoms with Crippen LogP contribution >= 0.6 is 0 Å². The maximum absolute atomic E-state index is 10.3. The Bertz CT molecular complexity index is 330. The first kappa shape index (κ1) is 12.3. The zero-order valence-corrected chi connectivity index (χ0v) is 8.78. The number of rotatable bonds is 5. The van der Waals surface area contributed by atoms with Crippen LogP contribution in [0.2, 0.25) is 0 Å². The first-order chi connectivity index (χ1) is 7.09. The van der Waals surface area contributed by atoms with Crippen LogP contribution in [0.15, 0.2) is 24.3 Å². The molecule has 0 spiro atoms. The molecule has 1 aromatic carbocycles. The Balaban J connectivity index is 2.46. The third-order valence-electron chi connectivity index (χ3n) is 1.92. The van der Waals surface area contributed by atoms with Crippen molar-refractivity contribution in [3.63, 3.8) is 0 Å². The minimum Gasteiger partial charge on any atom is -0.423 e. The summed E-state index contributed by atoms with van der Waals surface area (Å²) >= 11 is -1.98. The van der Waals surface area contributed by atoms with Gasteiger partial charge in [-0.1, -0.05) is 24.3 Å². The zero-order valence-electron chi connectivity index (χ0n) is 7.96. The molecule has 82 valence electrons. The summed E-state index contributed by atoms with van der Waals surface area (Å²) in [7, 11) is -1.46. The predicted octanol–water partition coefficient (Wildman–Crippen LogP) is -1.36. The molecule has 0 aliphatic heterocycles. The van der Waals surface area contributed by atoms with E-state index in [2.05, 4.69) is 4.72 Å². The van der Waals surface area contributed by atoms with E-state index in [-0.39, 0.29) is 0 Å². The molecule has 0 aliphatic carbocycles. The van der Waals surface area contributed by atoms with Crippen molar-refractivity contribution in [2.75, 3.05) is 6.54 Å². The molecule has 0 saturated heterocycles. The number of hydrogen-bond acceptors (Lipinski definition) is 3. The van der Waals surface area contributed by atoms with E-state index >= 15 is 0 Å². The minimum atomic E-state index is -1.98. The quantitative estimate of drug-likeness (QED) is 0.370. The molecule has 15 heavy (non-hydrogen) atoms. The third kappa shape index (κ3) is 4.54. The molecule has 0 aliphatic rings. The maximum atomic E-state index is 10.3. The standard InChI is InChI=1S/C8H12BNO4S/c11-9(12)8-3-1-7(2-4-8)5-6-10-15(13)14/h1-4,10-12H,5-6H2,(H,13,14). The van der Waals surface area contributed by atoms with Gasteiger partial charge in [0.15, 0.2) is 0 Å². The molecule has 1 rings (SSSR count). The van der Waals surface area contributed by atoms with Crippen LogP contribution in [-0.4, -0.2) is 32.5 Å². The van der Waals surface area contributed by atoms with E-state index in [0.29, 0.717) is 18.4 Å². The summed E-state index contributed by atoms with van der Waals surface area (Å²) in [5, 5.41) is 17.7. The van der Waals surface area contributed by atoms with Gasteiger partial charge in [0.05, 0.1) is 0 Å². The second-order valence-electron chi connectivity index (χ2n) is 3.01. The van der Waals surface area contributed by atoms with E-state index in [9.17, 15) is 4.21 Å². The second-order valence-corrected chi connectivity index (χ2v) is 3.80. The van der Waals surface area contributed by atoms with Crippen molar-refractivity contribution < 1.29 is 18.8 Å². The minimum absolute atomic E-state index is 0.393. The molecule has 0 amide bonds. The van der Waals surface area contributed by atoms with Crippen LogP contribution in [-0.2, 0) is 17.7 Å². The summed E-state index contributed by atoms with van der Waals surface area (Å²) in [5.74, 6) is 0. The van der Waals surface area contributed by atoms with Crippen LogP contribution in [0.4, 0.5) is 0 Å². The Kier molecular flexibility index (Phi) is 4.93. The largest absolute Gasteiger partial charge is 0.488 e. The molecule has 1 aromatic rings. The van der Waals surface area contributed by atoms with Crippen molar-refractivity contribution in [2.45, 2.75) is 6.42 Å². The van der Waals surface area contributed by atoms with E-state index in [4.69, 9.17) is 14.6 Å². The Labute approximate surface area is 90.7 Å². The Hall–Kier alpha value is -0.725. The molecule has 1 unspecified atom stereocenters. The summed E-state index contributed by atoms with van der Waals surface area (Å²) < 4.78 is 21.1. The van der Waals surface area contributed by atoms with Crippen molar-refractivity contribution >= 4 is 23.8 Å². The lowest BCUT2D eigenvalue weighted by atomic mass is 9.80. The van der Waals surface area contributed by atoms with Gasteiger partial charge >= 0.3 is 7.12 Å². The molecule has 0 aromatic heterocycles. The molecule has 7 heteroatoms. The summed E-state index contributed by atoms with van der Waals surface area (Å²) in [6, 6.07) is 6.71. The van der Waals surface area contributed by atoms with Crippen LogP contribution in [0.25, 0.3) is 0 Å². The third-order valence-corrected chi connectivity index (χ3v) is 2.37. The van der Waals surface area contributed by atoms with Crippen molar-refractivity contribution in [3.8, 4) is 0 Å². The fraction of sp³-hybridized carbons (Fsp3) is 0.250. The summed E-state index contributed by atoms with van der Waals surface area (Å²) in [5.41, 5.74) is 1.38. The lowest BCUT2D eigenvalue weighted by Crippen LogP contribution is -2.29. The van der Waals surface area contributed by atoms with E-state index < -0.39 is 18.4 Å². The van der Waals surface area contributed by atoms with Crippen molar-refractivity contribution in [3.05, 3.63) is 29.8 Å². The first-order valence-corrected chi connectivity index (χ1v) is 5.49. The molecular formula is C8H12BNO4S. The number of hydrogen-bond donors (Lipinski definition) is 4. The van der Waals surface area contributed by atoms with Gasteiger partial charge in [-0.15, -0.1) is 0 Å². The number of nitrogens with one attached hydrogen (secondary N) is 1. The van der Waals surface area contributed by atoms with Gasteiger partial charge in [-0.3, -0.25) is 4.55 Å². The molecule has 0 saturated carbocycles. The monoisotopic (exact) mass is 229 g/mol. The average Bonchev–Trinajstić information content (AvgIpc) is 2.18. The van der Waals surface area contributed by atoms with E-state index in [1.165, 1.54) is 0 Å². The van der Waals surface area contributed by atoms with Gasteiger partial charge in [0, 0.05) is 6.54 Å². The molecule has 0 radical (unpaired) electrons. The smallest absolute Gasteiger partial charge is 0.423 e. The molecule has 5 nitrogen and oxygen atoms in total. The van der Waals surface area contributed by atoms with E-state index in [0.717, 1.165) is 5.56 Å². The lowest BCUT2D eigenvalue weighted by Gasteiger charge is -2.03. The molecule has 0 bridgehead atoms. The topological polar surface area (TPSA) is 89.8 Å². The van der Waals surface area contributed by atoms with Gasteiger partial charge in [0.25, 0.3) is 0 Å². The zero-order chi connectivity index (χ0) is 11.3. The summed E-state index contributed by atoms with van der Waals surface area (Å²) in [4.78, 5) is 0. The van der Waals surface area contributed by atoms with Crippen LogP contribution in [0.1, 0.15) is 5.56 Å². The van der Waals surface area contributed by atoms with Gasteiger partial charge < -0.3 is 10.0 Å². The molecule has 0 fully saturated rings. The Morgan fingerprint density at radius 3 is 2.33 bits per heavy atom. The van der Waals surface area contributed by atoms with Crippen LogP contribution in [0, 0.1) is 0 Å². The normalized spacial score (nSPS) is 12.5. The summed E-state index contributed by atoms with van der Waals surface area (Å²) in [6.07, 6.45) is 0.605. The van der Waals surface area contributed by atoms with Crippen molar-refractivity contribution in [1.29, 1.82) is 0 Å². The van der Waals surface area contributed by atoms with Gasteiger partial charge in [0.1, 0.15) is 0 Å². The number of benzene rings is 1. The summed E-state index contributed by atoms with van der Waals surface area (Å²) in [6.45, 7) is 0.393. The molecule has 0 heterocycles. The Morgan fingerprint density at radius 2 is 1.87 bits per heavy atom. The highest BCUT2D eigenvalue weighted by molar-refractivity contribution is 7.77. The van der Waals surface area contributed by atoms with E-state index in [1.807, 2.05) is 0 Å². The molecule has 4 N–H and O–H groups in total. The van der Waals surface area contributed by atoms with Crippen molar-refractivity contribution in [2.24, 2.45) is 0 Å². The molecule has 1 atom stereocenters. The second kappa shape index (κ2) is 5.99. The predicted molar refractivity (Wildman–Crippen MR) is 58.7 cm³/mol. The van der Waals surface area contributed by atoms with Crippen LogP contribution in [0.3, 0.4) is 0 Å². The van der Waals surface area contributed by atoms with Gasteiger partial charge in [0.2, 0.25) is 11.3 Å². The highest BCUT2D eigenvalue weighted by atomic mass is 32.2. The SMILES string of the molecule is O=S(O)NCCc1ccc(B(O)O)cc1. The van der Waals surface area contributed by atoms with E-state index in [1.54, 1.807) is 24.3 Å². The highest BCUT2D eigenvalue weighted by Crippen LogP contribution is 1.97.